The minimum atomic E-state index is -0.799. The van der Waals surface area contributed by atoms with Crippen molar-refractivity contribution in [3.05, 3.63) is 53.6 Å². The van der Waals surface area contributed by atoms with Gasteiger partial charge in [-0.25, -0.2) is 13.8 Å². The molecular formula is C21H17F2N3O3. The van der Waals surface area contributed by atoms with E-state index in [4.69, 9.17) is 19.9 Å². The summed E-state index contributed by atoms with van der Waals surface area (Å²) in [6, 6.07) is 9.95. The maximum absolute atomic E-state index is 14.3. The fourth-order valence-corrected chi connectivity index (χ4v) is 3.04. The molecule has 1 heterocycles. The van der Waals surface area contributed by atoms with Crippen LogP contribution in [-0.2, 0) is 0 Å². The Hall–Kier alpha value is -3.86. The fraction of sp³-hybridized carbons (Fsp3) is 0.143. The van der Waals surface area contributed by atoms with E-state index in [1.54, 1.807) is 12.1 Å². The van der Waals surface area contributed by atoms with Crippen molar-refractivity contribution in [3.8, 4) is 45.7 Å². The van der Waals surface area contributed by atoms with Crippen LogP contribution >= 0.6 is 0 Å². The lowest BCUT2D eigenvalue weighted by Crippen LogP contribution is -2.02. The van der Waals surface area contributed by atoms with Gasteiger partial charge in [0.2, 0.25) is 5.75 Å². The van der Waals surface area contributed by atoms with Crippen molar-refractivity contribution in [3.63, 3.8) is 0 Å². The number of nitriles is 1. The van der Waals surface area contributed by atoms with Crippen LogP contribution in [0, 0.1) is 23.0 Å². The molecule has 1 aromatic heterocycles. The maximum Gasteiger partial charge on any atom is 0.203 e. The topological polar surface area (TPSA) is 90.4 Å². The van der Waals surface area contributed by atoms with Gasteiger partial charge in [-0.1, -0.05) is 0 Å². The molecule has 8 heteroatoms. The van der Waals surface area contributed by atoms with Gasteiger partial charge in [0, 0.05) is 22.8 Å². The van der Waals surface area contributed by atoms with Crippen LogP contribution in [0.3, 0.4) is 0 Å². The van der Waals surface area contributed by atoms with Crippen molar-refractivity contribution in [1.29, 1.82) is 5.26 Å². The predicted molar refractivity (Wildman–Crippen MR) is 104 cm³/mol. The normalized spacial score (nSPS) is 10.3. The van der Waals surface area contributed by atoms with Gasteiger partial charge in [0.15, 0.2) is 11.5 Å². The van der Waals surface area contributed by atoms with Gasteiger partial charge in [-0.05, 0) is 30.3 Å². The Bertz CT molecular complexity index is 1130. The number of hydrogen-bond donors (Lipinski definition) is 1. The summed E-state index contributed by atoms with van der Waals surface area (Å²) in [6.45, 7) is 0. The molecule has 0 fully saturated rings. The molecule has 0 atom stereocenters. The van der Waals surface area contributed by atoms with E-state index in [0.717, 1.165) is 12.1 Å². The predicted octanol–water partition coefficient (Wildman–Crippen LogP) is 4.17. The number of hydrogen-bond acceptors (Lipinski definition) is 6. The molecule has 2 aromatic carbocycles. The average Bonchev–Trinajstić information content (AvgIpc) is 2.71. The third kappa shape index (κ3) is 3.50. The highest BCUT2D eigenvalue weighted by atomic mass is 19.1. The molecule has 0 aliphatic carbocycles. The van der Waals surface area contributed by atoms with Gasteiger partial charge in [0.05, 0.1) is 27.0 Å². The number of methoxy groups -OCH3 is 3. The second-order valence-electron chi connectivity index (χ2n) is 5.93. The number of benzene rings is 2. The summed E-state index contributed by atoms with van der Waals surface area (Å²) in [5.41, 5.74) is 7.08. The smallest absolute Gasteiger partial charge is 0.203 e. The molecule has 0 saturated carbocycles. The summed E-state index contributed by atoms with van der Waals surface area (Å²) < 4.78 is 43.7. The number of pyridine rings is 1. The Morgan fingerprint density at radius 3 is 2.17 bits per heavy atom. The highest BCUT2D eigenvalue weighted by Crippen LogP contribution is 2.46. The number of rotatable bonds is 5. The third-order valence-electron chi connectivity index (χ3n) is 4.36. The van der Waals surface area contributed by atoms with E-state index in [0.29, 0.717) is 28.4 Å². The first-order valence-electron chi connectivity index (χ1n) is 8.40. The molecule has 2 N–H and O–H groups in total. The van der Waals surface area contributed by atoms with Crippen molar-refractivity contribution in [2.75, 3.05) is 27.1 Å². The van der Waals surface area contributed by atoms with E-state index in [2.05, 4.69) is 4.98 Å². The first kappa shape index (κ1) is 19.9. The van der Waals surface area contributed by atoms with Gasteiger partial charge in [0.1, 0.15) is 29.1 Å². The number of ether oxygens (including phenoxy) is 3. The second-order valence-corrected chi connectivity index (χ2v) is 5.93. The molecule has 6 nitrogen and oxygen atoms in total. The van der Waals surface area contributed by atoms with Crippen molar-refractivity contribution < 1.29 is 23.0 Å². The first-order chi connectivity index (χ1) is 13.9. The quantitative estimate of drug-likeness (QED) is 0.695. The van der Waals surface area contributed by atoms with Crippen molar-refractivity contribution >= 4 is 5.82 Å². The molecule has 0 spiro atoms. The van der Waals surface area contributed by atoms with Crippen molar-refractivity contribution in [1.82, 2.24) is 4.98 Å². The highest BCUT2D eigenvalue weighted by molar-refractivity contribution is 5.85. The van der Waals surface area contributed by atoms with Crippen LogP contribution in [0.5, 0.6) is 17.2 Å². The highest BCUT2D eigenvalue weighted by Gasteiger charge is 2.22. The van der Waals surface area contributed by atoms with Gasteiger partial charge in [-0.3, -0.25) is 0 Å². The minimum Gasteiger partial charge on any atom is -0.493 e. The number of nitrogens with zero attached hydrogens (tertiary/aromatic N) is 2. The average molecular weight is 397 g/mol. The fourth-order valence-electron chi connectivity index (χ4n) is 3.04. The Morgan fingerprint density at radius 1 is 0.897 bits per heavy atom. The standard InChI is InChI=1S/C21H17F2N3O3/c1-27-18-7-6-12(19(28-2)20(18)29-3)14-9-17(26-21(25)15(14)10-24)13-5-4-11(22)8-16(13)23/h4-9H,1-3H3,(H2,25,26). The Kier molecular flexibility index (Phi) is 5.50. The Balaban J connectivity index is 2.33. The molecule has 0 amide bonds. The van der Waals surface area contributed by atoms with E-state index < -0.39 is 11.6 Å². The van der Waals surface area contributed by atoms with E-state index >= 15 is 0 Å². The molecule has 0 bridgehead atoms. The summed E-state index contributed by atoms with van der Waals surface area (Å²) in [4.78, 5) is 4.12. The molecule has 0 radical (unpaired) electrons. The molecule has 148 valence electrons. The SMILES string of the molecule is COc1ccc(-c2cc(-c3ccc(F)cc3F)nc(N)c2C#N)c(OC)c1OC. The van der Waals surface area contributed by atoms with Crippen LogP contribution in [-0.4, -0.2) is 26.3 Å². The zero-order chi connectivity index (χ0) is 21.1. The number of nitrogens with two attached hydrogens (primary N) is 1. The van der Waals surface area contributed by atoms with E-state index in [1.165, 1.54) is 33.5 Å². The van der Waals surface area contributed by atoms with E-state index in [9.17, 15) is 14.0 Å². The molecule has 0 unspecified atom stereocenters. The molecule has 0 saturated heterocycles. The molecular weight excluding hydrogens is 380 g/mol. The zero-order valence-corrected chi connectivity index (χ0v) is 15.9. The molecule has 3 aromatic rings. The lowest BCUT2D eigenvalue weighted by molar-refractivity contribution is 0.325. The van der Waals surface area contributed by atoms with Crippen LogP contribution in [0.15, 0.2) is 36.4 Å². The van der Waals surface area contributed by atoms with Crippen LogP contribution in [0.1, 0.15) is 5.56 Å². The van der Waals surface area contributed by atoms with E-state index in [-0.39, 0.29) is 22.6 Å². The lowest BCUT2D eigenvalue weighted by atomic mass is 9.97. The molecule has 29 heavy (non-hydrogen) atoms. The maximum atomic E-state index is 14.3. The largest absolute Gasteiger partial charge is 0.493 e. The summed E-state index contributed by atoms with van der Waals surface area (Å²) in [5, 5.41) is 9.61. The summed E-state index contributed by atoms with van der Waals surface area (Å²) in [7, 11) is 4.38. The minimum absolute atomic E-state index is 0.0447. The zero-order valence-electron chi connectivity index (χ0n) is 15.9. The molecule has 0 aliphatic rings. The molecule has 0 aliphatic heterocycles. The van der Waals surface area contributed by atoms with Crippen molar-refractivity contribution in [2.45, 2.75) is 0 Å². The van der Waals surface area contributed by atoms with Crippen LogP contribution in [0.4, 0.5) is 14.6 Å². The van der Waals surface area contributed by atoms with Crippen LogP contribution in [0.2, 0.25) is 0 Å². The number of anilines is 1. The first-order valence-corrected chi connectivity index (χ1v) is 8.40. The van der Waals surface area contributed by atoms with Crippen molar-refractivity contribution in [2.24, 2.45) is 0 Å². The molecule has 3 rings (SSSR count). The van der Waals surface area contributed by atoms with Gasteiger partial charge in [0.25, 0.3) is 0 Å². The van der Waals surface area contributed by atoms with Gasteiger partial charge in [-0.15, -0.1) is 0 Å². The summed E-state index contributed by atoms with van der Waals surface area (Å²) in [5.74, 6) is -0.554. The number of halogens is 2. The Labute approximate surface area is 166 Å². The Morgan fingerprint density at radius 2 is 1.59 bits per heavy atom. The summed E-state index contributed by atoms with van der Waals surface area (Å²) >= 11 is 0. The van der Waals surface area contributed by atoms with Gasteiger partial charge < -0.3 is 19.9 Å². The van der Waals surface area contributed by atoms with E-state index in [1.807, 2.05) is 6.07 Å². The van der Waals surface area contributed by atoms with Crippen LogP contribution < -0.4 is 19.9 Å². The second kappa shape index (κ2) is 8.02. The van der Waals surface area contributed by atoms with Crippen LogP contribution in [0.25, 0.3) is 22.4 Å². The number of nitrogen functional groups attached to an aromatic ring is 1. The van der Waals surface area contributed by atoms with Gasteiger partial charge in [-0.2, -0.15) is 5.26 Å². The lowest BCUT2D eigenvalue weighted by Gasteiger charge is -2.17. The van der Waals surface area contributed by atoms with Gasteiger partial charge >= 0.3 is 0 Å². The summed E-state index contributed by atoms with van der Waals surface area (Å²) in [6.07, 6.45) is 0. The third-order valence-corrected chi connectivity index (χ3v) is 4.36. The number of aromatic nitrogens is 1. The monoisotopic (exact) mass is 397 g/mol.